The fraction of sp³-hybridized carbons (Fsp3) is 0.594. The quantitative estimate of drug-likeness (QED) is 0.172. The largest absolute Gasteiger partial charge is 0.444 e. The smallest absolute Gasteiger partial charge is 0.407 e. The number of nitrogens with zero attached hydrogens (tertiary/aromatic N) is 3. The third-order valence-electron chi connectivity index (χ3n) is 6.70. The Morgan fingerprint density at radius 1 is 0.884 bits per heavy atom. The fourth-order valence-electron chi connectivity index (χ4n) is 4.52. The molecule has 0 spiro atoms. The second kappa shape index (κ2) is 18.4. The lowest BCUT2D eigenvalue weighted by molar-refractivity contribution is -0.119. The molecule has 11 heteroatoms. The molecule has 0 saturated heterocycles. The summed E-state index contributed by atoms with van der Waals surface area (Å²) in [7, 11) is 0. The monoisotopic (exact) mass is 599 g/mol. The number of aryl methyl sites for hydroxylation is 1. The summed E-state index contributed by atoms with van der Waals surface area (Å²) < 4.78 is 26.0. The van der Waals surface area contributed by atoms with Crippen molar-refractivity contribution in [2.75, 3.05) is 46.2 Å². The summed E-state index contributed by atoms with van der Waals surface area (Å²) in [5.41, 5.74) is 7.59. The van der Waals surface area contributed by atoms with Crippen molar-refractivity contribution in [3.05, 3.63) is 54.2 Å². The Balaban J connectivity index is 1.15. The number of unbranched alkanes of at least 4 members (excludes halogenated alkanes) is 1. The zero-order chi connectivity index (χ0) is 30.9. The molecule has 2 aromatic heterocycles. The van der Waals surface area contributed by atoms with Crippen molar-refractivity contribution in [1.29, 1.82) is 0 Å². The van der Waals surface area contributed by atoms with Gasteiger partial charge in [-0.3, -0.25) is 4.79 Å². The molecule has 11 nitrogen and oxygen atoms in total. The van der Waals surface area contributed by atoms with Crippen LogP contribution in [-0.4, -0.2) is 77.8 Å². The van der Waals surface area contributed by atoms with Crippen LogP contribution in [0.4, 0.5) is 4.79 Å². The molecular formula is C32H49N5O6. The third kappa shape index (κ3) is 13.3. The summed E-state index contributed by atoms with van der Waals surface area (Å²) in [6.45, 7) is 10.7. The van der Waals surface area contributed by atoms with Gasteiger partial charge in [-0.15, -0.1) is 0 Å². The number of aromatic nitrogens is 3. The number of ether oxygens (including phenoxy) is 4. The van der Waals surface area contributed by atoms with Gasteiger partial charge in [0.15, 0.2) is 0 Å². The van der Waals surface area contributed by atoms with Gasteiger partial charge in [-0.1, -0.05) is 12.1 Å². The lowest BCUT2D eigenvalue weighted by Crippen LogP contribution is -2.34. The summed E-state index contributed by atoms with van der Waals surface area (Å²) in [6, 6.07) is 8.43. The molecule has 2 heterocycles. The molecule has 0 aliphatic heterocycles. The molecule has 0 atom stereocenters. The minimum absolute atomic E-state index is 0.276. The average Bonchev–Trinajstić information content (AvgIpc) is 3.59. The summed E-state index contributed by atoms with van der Waals surface area (Å²) in [4.78, 5) is 28.4. The van der Waals surface area contributed by atoms with Crippen molar-refractivity contribution in [3.63, 3.8) is 0 Å². The van der Waals surface area contributed by atoms with Crippen LogP contribution in [0.1, 0.15) is 64.3 Å². The number of Topliss-reactive ketones (excluding diaryl/α,β-unsaturated/α-hetero) is 1. The maximum Gasteiger partial charge on any atom is 0.407 e. The topological polar surface area (TPSA) is 132 Å². The second-order valence-electron chi connectivity index (χ2n) is 11.4. The Kier molecular flexibility index (Phi) is 14.7. The maximum atomic E-state index is 12.3. The molecule has 0 fully saturated rings. The molecule has 1 aromatic carbocycles. The van der Waals surface area contributed by atoms with Crippen LogP contribution in [0, 0.1) is 0 Å². The lowest BCUT2D eigenvalue weighted by Gasteiger charge is -2.19. The predicted molar refractivity (Wildman–Crippen MR) is 166 cm³/mol. The van der Waals surface area contributed by atoms with E-state index in [0.29, 0.717) is 72.1 Å². The van der Waals surface area contributed by atoms with Crippen LogP contribution in [-0.2, 0) is 43.4 Å². The zero-order valence-corrected chi connectivity index (χ0v) is 26.0. The van der Waals surface area contributed by atoms with Crippen LogP contribution in [0.2, 0.25) is 0 Å². The predicted octanol–water partition coefficient (Wildman–Crippen LogP) is 4.44. The highest BCUT2D eigenvalue weighted by atomic mass is 16.6. The Labute approximate surface area is 255 Å². The number of amides is 1. The number of carbonyl (C=O) groups excluding carboxylic acids is 2. The first-order valence-corrected chi connectivity index (χ1v) is 15.2. The molecule has 0 saturated carbocycles. The van der Waals surface area contributed by atoms with Crippen molar-refractivity contribution < 1.29 is 28.5 Å². The zero-order valence-electron chi connectivity index (χ0n) is 26.0. The van der Waals surface area contributed by atoms with Gasteiger partial charge in [-0.2, -0.15) is 0 Å². The first-order chi connectivity index (χ1) is 20.7. The van der Waals surface area contributed by atoms with Gasteiger partial charge in [0.25, 0.3) is 0 Å². The van der Waals surface area contributed by atoms with Gasteiger partial charge in [0.1, 0.15) is 17.2 Å². The van der Waals surface area contributed by atoms with E-state index in [9.17, 15) is 9.59 Å². The number of rotatable bonds is 21. The van der Waals surface area contributed by atoms with E-state index in [2.05, 4.69) is 49.9 Å². The van der Waals surface area contributed by atoms with E-state index < -0.39 is 11.7 Å². The third-order valence-corrected chi connectivity index (χ3v) is 6.70. The highest BCUT2D eigenvalue weighted by molar-refractivity contribution is 5.81. The Morgan fingerprint density at radius 3 is 2.35 bits per heavy atom. The van der Waals surface area contributed by atoms with Gasteiger partial charge in [-0.05, 0) is 63.1 Å². The van der Waals surface area contributed by atoms with Crippen molar-refractivity contribution in [3.8, 4) is 0 Å². The molecular weight excluding hydrogens is 550 g/mol. The molecule has 0 aliphatic carbocycles. The lowest BCUT2D eigenvalue weighted by atomic mass is 10.1. The molecule has 43 heavy (non-hydrogen) atoms. The minimum atomic E-state index is -0.513. The van der Waals surface area contributed by atoms with Crippen molar-refractivity contribution in [1.82, 2.24) is 19.4 Å². The molecule has 3 aromatic rings. The molecule has 0 unspecified atom stereocenters. The van der Waals surface area contributed by atoms with Gasteiger partial charge in [0.2, 0.25) is 0 Å². The molecule has 3 N–H and O–H groups in total. The average molecular weight is 600 g/mol. The fourth-order valence-corrected chi connectivity index (χ4v) is 4.52. The van der Waals surface area contributed by atoms with Crippen LogP contribution in [0.15, 0.2) is 42.9 Å². The Bertz CT molecular complexity index is 1250. The van der Waals surface area contributed by atoms with E-state index in [1.54, 1.807) is 0 Å². The number of alkyl carbamates (subject to hydrolysis) is 1. The van der Waals surface area contributed by atoms with Crippen LogP contribution >= 0.6 is 0 Å². The minimum Gasteiger partial charge on any atom is -0.444 e. The number of nitrogens with one attached hydrogen (secondary N) is 1. The van der Waals surface area contributed by atoms with Crippen LogP contribution < -0.4 is 11.1 Å². The molecule has 0 aliphatic rings. The number of hydrogen-bond acceptors (Lipinski definition) is 8. The Morgan fingerprint density at radius 2 is 1.60 bits per heavy atom. The van der Waals surface area contributed by atoms with Gasteiger partial charge in [0, 0.05) is 63.2 Å². The number of carbonyl (C=O) groups is 2. The summed E-state index contributed by atoms with van der Waals surface area (Å²) >= 11 is 0. The summed E-state index contributed by atoms with van der Waals surface area (Å²) in [5, 5.41) is 3.83. The number of ketones is 1. The molecule has 0 bridgehead atoms. The normalized spacial score (nSPS) is 11.7. The number of hydrogen-bond donors (Lipinski definition) is 2. The van der Waals surface area contributed by atoms with E-state index in [-0.39, 0.29) is 5.78 Å². The van der Waals surface area contributed by atoms with E-state index in [0.717, 1.165) is 42.7 Å². The maximum absolute atomic E-state index is 12.3. The SMILES string of the molecule is CC(C)(C)OC(=O)NCCOCCOCCOCCCC(=O)CCCCn1ccnc1Cn1ccc2ccc(CN)cc21. The second-order valence-corrected chi connectivity index (χ2v) is 11.4. The van der Waals surface area contributed by atoms with E-state index in [4.69, 9.17) is 24.7 Å². The molecule has 238 valence electrons. The first kappa shape index (κ1) is 34.2. The van der Waals surface area contributed by atoms with Crippen LogP contribution in [0.25, 0.3) is 10.9 Å². The first-order valence-electron chi connectivity index (χ1n) is 15.2. The van der Waals surface area contributed by atoms with Crippen molar-refractivity contribution in [2.45, 2.75) is 78.1 Å². The summed E-state index contributed by atoms with van der Waals surface area (Å²) in [6.07, 6.45) is 9.11. The van der Waals surface area contributed by atoms with Gasteiger partial charge in [0.05, 0.1) is 39.6 Å². The van der Waals surface area contributed by atoms with Crippen molar-refractivity contribution >= 4 is 22.8 Å². The highest BCUT2D eigenvalue weighted by Gasteiger charge is 2.15. The van der Waals surface area contributed by atoms with Crippen molar-refractivity contribution in [2.24, 2.45) is 5.73 Å². The Hall–Kier alpha value is -3.25. The van der Waals surface area contributed by atoms with Gasteiger partial charge >= 0.3 is 6.09 Å². The highest BCUT2D eigenvalue weighted by Crippen LogP contribution is 2.19. The van der Waals surface area contributed by atoms with E-state index >= 15 is 0 Å². The standard InChI is InChI=1S/C32H49N5O6/c1-32(2,3)43-31(39)35-13-18-41-20-22-42-21-19-40-17-6-8-28(38)7-4-5-14-36-16-12-34-30(36)25-37-15-11-27-10-9-26(24-33)23-29(27)37/h9-12,15-16,23H,4-8,13-14,17-22,24-25,33H2,1-3H3,(H,35,39). The van der Waals surface area contributed by atoms with Crippen LogP contribution in [0.3, 0.4) is 0 Å². The number of benzene rings is 1. The molecule has 3 rings (SSSR count). The summed E-state index contributed by atoms with van der Waals surface area (Å²) in [5.74, 6) is 1.28. The number of imidazole rings is 1. The van der Waals surface area contributed by atoms with Crippen LogP contribution in [0.5, 0.6) is 0 Å². The number of nitrogens with two attached hydrogens (primary N) is 1. The van der Waals surface area contributed by atoms with Gasteiger partial charge < -0.3 is 39.1 Å². The number of fused-ring (bicyclic) bond motifs is 1. The molecule has 0 radical (unpaired) electrons. The van der Waals surface area contributed by atoms with E-state index in [1.165, 1.54) is 5.39 Å². The molecule has 1 amide bonds. The van der Waals surface area contributed by atoms with Gasteiger partial charge in [-0.25, -0.2) is 9.78 Å². The van der Waals surface area contributed by atoms with E-state index in [1.807, 2.05) is 33.2 Å².